The Morgan fingerprint density at radius 1 is 1.20 bits per heavy atom. The minimum atomic E-state index is -3.41. The minimum absolute atomic E-state index is 0.132. The van der Waals surface area contributed by atoms with Crippen LogP contribution in [0.15, 0.2) is 35.4 Å². The lowest BCUT2D eigenvalue weighted by Gasteiger charge is -2.10. The van der Waals surface area contributed by atoms with Crippen LogP contribution >= 0.6 is 0 Å². The van der Waals surface area contributed by atoms with E-state index in [1.54, 1.807) is 31.3 Å². The number of benzene rings is 1. The zero-order chi connectivity index (χ0) is 14.9. The number of aryl methyl sites for hydroxylation is 2. The first-order valence-corrected chi connectivity index (χ1v) is 7.96. The smallest absolute Gasteiger partial charge is 0.184 e. The number of hydrogen-bond acceptors (Lipinski definition) is 4. The lowest BCUT2D eigenvalue weighted by Crippen LogP contribution is -2.10. The molecule has 5 heteroatoms. The summed E-state index contributed by atoms with van der Waals surface area (Å²) in [6, 6.07) is 6.88. The third-order valence-electron chi connectivity index (χ3n) is 3.35. The van der Waals surface area contributed by atoms with Crippen LogP contribution in [0.4, 0.5) is 5.69 Å². The molecule has 2 N–H and O–H groups in total. The molecule has 2 rings (SSSR count). The van der Waals surface area contributed by atoms with E-state index in [2.05, 4.69) is 4.98 Å². The van der Waals surface area contributed by atoms with E-state index in [-0.39, 0.29) is 5.75 Å². The van der Waals surface area contributed by atoms with Crippen molar-refractivity contribution in [3.05, 3.63) is 52.8 Å². The second-order valence-electron chi connectivity index (χ2n) is 5.00. The van der Waals surface area contributed by atoms with Gasteiger partial charge in [-0.25, -0.2) is 8.42 Å². The maximum atomic E-state index is 12.4. The average molecular weight is 290 g/mol. The monoisotopic (exact) mass is 290 g/mol. The maximum Gasteiger partial charge on any atom is 0.184 e. The molecule has 0 atom stereocenters. The van der Waals surface area contributed by atoms with Crippen LogP contribution in [0.5, 0.6) is 0 Å². The second kappa shape index (κ2) is 5.25. The van der Waals surface area contributed by atoms with Crippen molar-refractivity contribution in [2.45, 2.75) is 31.4 Å². The van der Waals surface area contributed by atoms with Gasteiger partial charge in [0.2, 0.25) is 0 Å². The van der Waals surface area contributed by atoms with E-state index in [9.17, 15) is 8.42 Å². The van der Waals surface area contributed by atoms with Gasteiger partial charge in [0.05, 0.1) is 16.3 Å². The SMILES string of the molecule is Cc1cccc(S(=O)(=O)Cc2ncc(C)c(N)c2C)c1. The fraction of sp³-hybridized carbons (Fsp3) is 0.267. The predicted molar refractivity (Wildman–Crippen MR) is 80.2 cm³/mol. The topological polar surface area (TPSA) is 73.0 Å². The van der Waals surface area contributed by atoms with Gasteiger partial charge >= 0.3 is 0 Å². The minimum Gasteiger partial charge on any atom is -0.398 e. The first kappa shape index (κ1) is 14.5. The van der Waals surface area contributed by atoms with E-state index < -0.39 is 9.84 Å². The van der Waals surface area contributed by atoms with Crippen LogP contribution in [-0.4, -0.2) is 13.4 Å². The van der Waals surface area contributed by atoms with Crippen molar-refractivity contribution in [2.75, 3.05) is 5.73 Å². The molecule has 1 aromatic carbocycles. The summed E-state index contributed by atoms with van der Waals surface area (Å²) in [7, 11) is -3.41. The summed E-state index contributed by atoms with van der Waals surface area (Å²) in [4.78, 5) is 4.53. The number of nitrogens with two attached hydrogens (primary N) is 1. The maximum absolute atomic E-state index is 12.4. The Kier molecular flexibility index (Phi) is 3.81. The van der Waals surface area contributed by atoms with Gasteiger partial charge in [-0.1, -0.05) is 12.1 Å². The number of rotatable bonds is 3. The molecule has 0 bridgehead atoms. The molecular weight excluding hydrogens is 272 g/mol. The van der Waals surface area contributed by atoms with Crippen molar-refractivity contribution >= 4 is 15.5 Å². The van der Waals surface area contributed by atoms with Crippen LogP contribution in [0.25, 0.3) is 0 Å². The van der Waals surface area contributed by atoms with Crippen LogP contribution in [-0.2, 0) is 15.6 Å². The Morgan fingerprint density at radius 3 is 2.55 bits per heavy atom. The van der Waals surface area contributed by atoms with E-state index in [1.165, 1.54) is 0 Å². The molecule has 4 nitrogen and oxygen atoms in total. The molecule has 1 aromatic heterocycles. The van der Waals surface area contributed by atoms with Gasteiger partial charge in [0.1, 0.15) is 0 Å². The molecule has 0 aliphatic rings. The molecule has 0 saturated heterocycles. The van der Waals surface area contributed by atoms with Crippen molar-refractivity contribution in [3.8, 4) is 0 Å². The third-order valence-corrected chi connectivity index (χ3v) is 4.98. The van der Waals surface area contributed by atoms with Crippen molar-refractivity contribution in [2.24, 2.45) is 0 Å². The number of aromatic nitrogens is 1. The van der Waals surface area contributed by atoms with E-state index in [0.717, 1.165) is 16.7 Å². The molecule has 20 heavy (non-hydrogen) atoms. The fourth-order valence-corrected chi connectivity index (χ4v) is 3.48. The summed E-state index contributed by atoms with van der Waals surface area (Å²) in [6.07, 6.45) is 1.61. The van der Waals surface area contributed by atoms with E-state index >= 15 is 0 Å². The third kappa shape index (κ3) is 2.82. The Morgan fingerprint density at radius 2 is 1.90 bits per heavy atom. The molecule has 0 unspecified atom stereocenters. The van der Waals surface area contributed by atoms with Gasteiger partial charge in [0.15, 0.2) is 9.84 Å². The first-order chi connectivity index (χ1) is 9.31. The standard InChI is InChI=1S/C15H18N2O2S/c1-10-5-4-6-13(7-10)20(18,19)9-14-12(3)15(16)11(2)8-17-14/h4-8H,9H2,1-3H3,(H2,16,17). The molecule has 0 fully saturated rings. The molecule has 0 aliphatic carbocycles. The van der Waals surface area contributed by atoms with Crippen LogP contribution in [0.3, 0.4) is 0 Å². The summed E-state index contributed by atoms with van der Waals surface area (Å²) >= 11 is 0. The Labute approximate surface area is 119 Å². The van der Waals surface area contributed by atoms with Gasteiger partial charge in [0.25, 0.3) is 0 Å². The van der Waals surface area contributed by atoms with E-state index in [1.807, 2.05) is 19.9 Å². The summed E-state index contributed by atoms with van der Waals surface area (Å²) < 4.78 is 24.8. The second-order valence-corrected chi connectivity index (χ2v) is 6.99. The lowest BCUT2D eigenvalue weighted by molar-refractivity contribution is 0.594. The largest absolute Gasteiger partial charge is 0.398 e. The Bertz CT molecular complexity index is 752. The molecular formula is C15H18N2O2S. The Balaban J connectivity index is 2.41. The highest BCUT2D eigenvalue weighted by Gasteiger charge is 2.18. The first-order valence-electron chi connectivity index (χ1n) is 6.31. The van der Waals surface area contributed by atoms with Crippen LogP contribution in [0.2, 0.25) is 0 Å². The molecule has 2 aromatic rings. The highest BCUT2D eigenvalue weighted by molar-refractivity contribution is 7.90. The average Bonchev–Trinajstić information content (AvgIpc) is 2.39. The lowest BCUT2D eigenvalue weighted by atomic mass is 10.1. The van der Waals surface area contributed by atoms with Gasteiger partial charge in [0, 0.05) is 11.9 Å². The molecule has 0 spiro atoms. The highest BCUT2D eigenvalue weighted by Crippen LogP contribution is 2.22. The summed E-state index contributed by atoms with van der Waals surface area (Å²) in [5, 5.41) is 0. The van der Waals surface area contributed by atoms with E-state index in [0.29, 0.717) is 16.3 Å². The number of pyridine rings is 1. The van der Waals surface area contributed by atoms with Crippen LogP contribution in [0.1, 0.15) is 22.4 Å². The number of nitrogens with zero attached hydrogens (tertiary/aromatic N) is 1. The van der Waals surface area contributed by atoms with Crippen molar-refractivity contribution < 1.29 is 8.42 Å². The van der Waals surface area contributed by atoms with Gasteiger partial charge < -0.3 is 5.73 Å². The molecule has 0 aliphatic heterocycles. The zero-order valence-electron chi connectivity index (χ0n) is 11.8. The number of hydrogen-bond donors (Lipinski definition) is 1. The summed E-state index contributed by atoms with van der Waals surface area (Å²) in [5.74, 6) is -0.132. The molecule has 0 amide bonds. The summed E-state index contributed by atoms with van der Waals surface area (Å²) in [5.41, 5.74) is 9.56. The number of anilines is 1. The van der Waals surface area contributed by atoms with Crippen molar-refractivity contribution in [1.82, 2.24) is 4.98 Å². The van der Waals surface area contributed by atoms with Crippen LogP contribution < -0.4 is 5.73 Å². The summed E-state index contributed by atoms with van der Waals surface area (Å²) in [6.45, 7) is 5.52. The fourth-order valence-electron chi connectivity index (χ4n) is 2.01. The quantitative estimate of drug-likeness (QED) is 0.943. The van der Waals surface area contributed by atoms with Gasteiger partial charge in [-0.05, 0) is 49.6 Å². The van der Waals surface area contributed by atoms with Crippen LogP contribution in [0, 0.1) is 20.8 Å². The normalized spacial score (nSPS) is 11.6. The molecule has 1 heterocycles. The van der Waals surface area contributed by atoms with Gasteiger partial charge in [-0.15, -0.1) is 0 Å². The van der Waals surface area contributed by atoms with Crippen molar-refractivity contribution in [3.63, 3.8) is 0 Å². The zero-order valence-corrected chi connectivity index (χ0v) is 12.7. The van der Waals surface area contributed by atoms with E-state index in [4.69, 9.17) is 5.73 Å². The Hall–Kier alpha value is -1.88. The number of sulfone groups is 1. The molecule has 0 saturated carbocycles. The van der Waals surface area contributed by atoms with Gasteiger partial charge in [-0.3, -0.25) is 4.98 Å². The predicted octanol–water partition coefficient (Wildman–Crippen LogP) is 2.56. The molecule has 106 valence electrons. The van der Waals surface area contributed by atoms with Crippen molar-refractivity contribution in [1.29, 1.82) is 0 Å². The van der Waals surface area contributed by atoms with Gasteiger partial charge in [-0.2, -0.15) is 0 Å². The highest BCUT2D eigenvalue weighted by atomic mass is 32.2. The number of nitrogen functional groups attached to an aromatic ring is 1. The molecule has 0 radical (unpaired) electrons.